The molecular weight excluding hydrogens is 224 g/mol. The first-order valence-electron chi connectivity index (χ1n) is 6.70. The van der Waals surface area contributed by atoms with Gasteiger partial charge in [0.1, 0.15) is 0 Å². The number of aryl methyl sites for hydroxylation is 1. The summed E-state index contributed by atoms with van der Waals surface area (Å²) in [7, 11) is 1.85. The number of carbonyl (C=O) groups excluding carboxylic acids is 1. The predicted octanol–water partition coefficient (Wildman–Crippen LogP) is 2.48. The molecule has 0 spiro atoms. The Morgan fingerprint density at radius 2 is 1.94 bits per heavy atom. The van der Waals surface area contributed by atoms with Crippen LogP contribution in [0.5, 0.6) is 0 Å². The first-order chi connectivity index (χ1) is 8.61. The number of nitrogens with zero attached hydrogens (tertiary/aromatic N) is 1. The molecule has 2 unspecified atom stereocenters. The number of hydrogen-bond donors (Lipinski definition) is 1. The van der Waals surface area contributed by atoms with Crippen molar-refractivity contribution in [1.82, 2.24) is 0 Å². The molecule has 3 heteroatoms. The Morgan fingerprint density at radius 3 is 2.61 bits per heavy atom. The molecule has 1 aliphatic rings. The maximum absolute atomic E-state index is 12.5. The molecule has 0 heterocycles. The van der Waals surface area contributed by atoms with Crippen LogP contribution in [0.1, 0.15) is 31.2 Å². The molecule has 3 nitrogen and oxygen atoms in total. The number of hydrogen-bond acceptors (Lipinski definition) is 2. The van der Waals surface area contributed by atoms with E-state index in [0.717, 1.165) is 36.9 Å². The minimum Gasteiger partial charge on any atom is -0.327 e. The zero-order valence-electron chi connectivity index (χ0n) is 11.2. The molecule has 18 heavy (non-hydrogen) atoms. The Hall–Kier alpha value is -1.35. The van der Waals surface area contributed by atoms with Gasteiger partial charge in [0.25, 0.3) is 0 Å². The second kappa shape index (κ2) is 5.53. The fraction of sp³-hybridized carbons (Fsp3) is 0.533. The van der Waals surface area contributed by atoms with E-state index in [0.29, 0.717) is 0 Å². The molecule has 1 saturated carbocycles. The molecule has 0 aliphatic heterocycles. The third-order valence-corrected chi connectivity index (χ3v) is 3.94. The zero-order chi connectivity index (χ0) is 13.1. The summed E-state index contributed by atoms with van der Waals surface area (Å²) in [5.41, 5.74) is 8.20. The Kier molecular flexibility index (Phi) is 4.02. The summed E-state index contributed by atoms with van der Waals surface area (Å²) in [4.78, 5) is 14.3. The lowest BCUT2D eigenvalue weighted by atomic mass is 9.84. The highest BCUT2D eigenvalue weighted by Crippen LogP contribution is 2.27. The lowest BCUT2D eigenvalue weighted by Gasteiger charge is -2.31. The molecule has 0 aromatic heterocycles. The molecule has 1 fully saturated rings. The third kappa shape index (κ3) is 2.56. The van der Waals surface area contributed by atoms with E-state index in [9.17, 15) is 4.79 Å². The molecule has 2 atom stereocenters. The first-order valence-corrected chi connectivity index (χ1v) is 6.70. The summed E-state index contributed by atoms with van der Waals surface area (Å²) in [6.07, 6.45) is 4.17. The van der Waals surface area contributed by atoms with Gasteiger partial charge in [0.15, 0.2) is 0 Å². The van der Waals surface area contributed by atoms with Crippen molar-refractivity contribution in [3.8, 4) is 0 Å². The van der Waals surface area contributed by atoms with Crippen LogP contribution in [0.15, 0.2) is 24.3 Å². The van der Waals surface area contributed by atoms with Crippen LogP contribution in [0, 0.1) is 12.8 Å². The molecule has 0 radical (unpaired) electrons. The van der Waals surface area contributed by atoms with Crippen molar-refractivity contribution in [1.29, 1.82) is 0 Å². The third-order valence-electron chi connectivity index (χ3n) is 3.94. The number of nitrogens with two attached hydrogens (primary N) is 1. The van der Waals surface area contributed by atoms with Crippen LogP contribution in [0.25, 0.3) is 0 Å². The topological polar surface area (TPSA) is 46.3 Å². The number of rotatable bonds is 2. The van der Waals surface area contributed by atoms with Crippen molar-refractivity contribution < 1.29 is 4.79 Å². The number of amides is 1. The van der Waals surface area contributed by atoms with Gasteiger partial charge in [-0.2, -0.15) is 0 Å². The van der Waals surface area contributed by atoms with Crippen LogP contribution < -0.4 is 10.6 Å². The highest BCUT2D eigenvalue weighted by Gasteiger charge is 2.31. The monoisotopic (exact) mass is 246 g/mol. The van der Waals surface area contributed by atoms with Gasteiger partial charge in [-0.1, -0.05) is 31.0 Å². The zero-order valence-corrected chi connectivity index (χ0v) is 11.2. The molecule has 0 bridgehead atoms. The van der Waals surface area contributed by atoms with Gasteiger partial charge in [0.2, 0.25) is 5.91 Å². The van der Waals surface area contributed by atoms with Crippen LogP contribution in [0.2, 0.25) is 0 Å². The highest BCUT2D eigenvalue weighted by atomic mass is 16.2. The Labute approximate surface area is 109 Å². The van der Waals surface area contributed by atoms with E-state index < -0.39 is 0 Å². The molecule has 0 saturated heterocycles. The minimum atomic E-state index is -0.0108. The molecule has 1 amide bonds. The average molecular weight is 246 g/mol. The Morgan fingerprint density at radius 1 is 1.28 bits per heavy atom. The van der Waals surface area contributed by atoms with Crippen LogP contribution in [-0.2, 0) is 4.79 Å². The molecule has 1 aliphatic carbocycles. The quantitative estimate of drug-likeness (QED) is 0.871. The molecule has 2 rings (SSSR count). The van der Waals surface area contributed by atoms with E-state index in [1.807, 2.05) is 38.2 Å². The van der Waals surface area contributed by atoms with Crippen molar-refractivity contribution >= 4 is 11.6 Å². The summed E-state index contributed by atoms with van der Waals surface area (Å²) in [5.74, 6) is 0.153. The molecule has 2 N–H and O–H groups in total. The number of benzene rings is 1. The summed E-state index contributed by atoms with van der Waals surface area (Å²) < 4.78 is 0. The van der Waals surface area contributed by atoms with E-state index in [2.05, 4.69) is 0 Å². The maximum Gasteiger partial charge on any atom is 0.231 e. The predicted molar refractivity (Wildman–Crippen MR) is 74.5 cm³/mol. The van der Waals surface area contributed by atoms with Crippen LogP contribution in [0.4, 0.5) is 5.69 Å². The van der Waals surface area contributed by atoms with Gasteiger partial charge < -0.3 is 10.6 Å². The summed E-state index contributed by atoms with van der Waals surface area (Å²) >= 11 is 0. The van der Waals surface area contributed by atoms with Gasteiger partial charge in [-0.15, -0.1) is 0 Å². The molecule has 98 valence electrons. The lowest BCUT2D eigenvalue weighted by molar-refractivity contribution is -0.123. The Balaban J connectivity index is 2.16. The van der Waals surface area contributed by atoms with E-state index in [4.69, 9.17) is 5.73 Å². The summed E-state index contributed by atoms with van der Waals surface area (Å²) in [6.45, 7) is 2.03. The van der Waals surface area contributed by atoms with E-state index in [-0.39, 0.29) is 17.9 Å². The largest absolute Gasteiger partial charge is 0.327 e. The Bertz CT molecular complexity index is 430. The highest BCUT2D eigenvalue weighted by molar-refractivity contribution is 5.95. The standard InChI is InChI=1S/C15H22N2O/c1-11-7-3-6-10-14(11)17(2)15(18)12-8-4-5-9-13(12)16/h3,6-7,10,12-13H,4-5,8-9,16H2,1-2H3. The first kappa shape index (κ1) is 13.1. The smallest absolute Gasteiger partial charge is 0.231 e. The minimum absolute atomic E-state index is 0.0108. The molecular formula is C15H22N2O. The number of carbonyl (C=O) groups is 1. The fourth-order valence-corrected chi connectivity index (χ4v) is 2.77. The van der Waals surface area contributed by atoms with E-state index >= 15 is 0 Å². The average Bonchev–Trinajstić information content (AvgIpc) is 2.38. The molecule has 1 aromatic carbocycles. The van der Waals surface area contributed by atoms with Crippen molar-refractivity contribution in [2.24, 2.45) is 11.7 Å². The van der Waals surface area contributed by atoms with Gasteiger partial charge in [-0.05, 0) is 31.4 Å². The second-order valence-corrected chi connectivity index (χ2v) is 5.24. The lowest BCUT2D eigenvalue weighted by Crippen LogP contribution is -2.44. The van der Waals surface area contributed by atoms with Gasteiger partial charge in [-0.25, -0.2) is 0 Å². The van der Waals surface area contributed by atoms with Gasteiger partial charge in [-0.3, -0.25) is 4.79 Å². The van der Waals surface area contributed by atoms with Crippen molar-refractivity contribution in [3.05, 3.63) is 29.8 Å². The van der Waals surface area contributed by atoms with Crippen molar-refractivity contribution in [2.75, 3.05) is 11.9 Å². The molecule has 1 aromatic rings. The van der Waals surface area contributed by atoms with Crippen molar-refractivity contribution in [3.63, 3.8) is 0 Å². The van der Waals surface area contributed by atoms with E-state index in [1.165, 1.54) is 0 Å². The summed E-state index contributed by atoms with van der Waals surface area (Å²) in [5, 5.41) is 0. The number of para-hydroxylation sites is 1. The fourth-order valence-electron chi connectivity index (χ4n) is 2.77. The van der Waals surface area contributed by atoms with Crippen LogP contribution >= 0.6 is 0 Å². The SMILES string of the molecule is Cc1ccccc1N(C)C(=O)C1CCCCC1N. The maximum atomic E-state index is 12.5. The van der Waals surface area contributed by atoms with Gasteiger partial charge in [0, 0.05) is 18.8 Å². The second-order valence-electron chi connectivity index (χ2n) is 5.24. The van der Waals surface area contributed by atoms with Crippen LogP contribution in [0.3, 0.4) is 0 Å². The number of anilines is 1. The van der Waals surface area contributed by atoms with Crippen LogP contribution in [-0.4, -0.2) is 19.0 Å². The van der Waals surface area contributed by atoms with Crippen molar-refractivity contribution in [2.45, 2.75) is 38.6 Å². The van der Waals surface area contributed by atoms with E-state index in [1.54, 1.807) is 4.90 Å². The van der Waals surface area contributed by atoms with Gasteiger partial charge in [0.05, 0.1) is 5.92 Å². The summed E-state index contributed by atoms with van der Waals surface area (Å²) in [6, 6.07) is 8.00. The normalized spacial score (nSPS) is 23.7. The van der Waals surface area contributed by atoms with Gasteiger partial charge >= 0.3 is 0 Å².